The summed E-state index contributed by atoms with van der Waals surface area (Å²) >= 11 is 0. The van der Waals surface area contributed by atoms with E-state index < -0.39 is 6.04 Å². The molecule has 1 saturated heterocycles. The van der Waals surface area contributed by atoms with Gasteiger partial charge in [-0.3, -0.25) is 9.59 Å². The second-order valence-electron chi connectivity index (χ2n) is 6.38. The molecule has 0 aliphatic carbocycles. The first-order chi connectivity index (χ1) is 11.6. The molecule has 1 N–H and O–H groups in total. The Hall–Kier alpha value is -2.62. The molecule has 1 unspecified atom stereocenters. The Morgan fingerprint density at radius 2 is 1.75 bits per heavy atom. The van der Waals surface area contributed by atoms with Gasteiger partial charge in [-0.15, -0.1) is 0 Å². The third-order valence-corrected chi connectivity index (χ3v) is 4.41. The summed E-state index contributed by atoms with van der Waals surface area (Å²) in [6.07, 6.45) is 0. The molecule has 4 heteroatoms. The minimum Gasteiger partial charge on any atom is -0.352 e. The van der Waals surface area contributed by atoms with E-state index in [9.17, 15) is 9.59 Å². The lowest BCUT2D eigenvalue weighted by molar-refractivity contribution is -0.128. The standard InChI is InChI=1S/C20H22N2O2/c1-14(2)15-8-10-16(11-9-15)18-19(23)21-12-13-22(18)20(24)17-6-4-3-5-7-17/h3-11,14,18H,12-13H2,1-2H3,(H,21,23). The Kier molecular flexibility index (Phi) is 4.65. The van der Waals surface area contributed by atoms with E-state index in [0.717, 1.165) is 5.56 Å². The molecule has 4 nitrogen and oxygen atoms in total. The van der Waals surface area contributed by atoms with Crippen molar-refractivity contribution >= 4 is 11.8 Å². The fourth-order valence-electron chi connectivity index (χ4n) is 3.03. The summed E-state index contributed by atoms with van der Waals surface area (Å²) in [4.78, 5) is 27.0. The number of benzene rings is 2. The maximum atomic E-state index is 12.9. The Labute approximate surface area is 142 Å². The van der Waals surface area contributed by atoms with Crippen LogP contribution in [0.3, 0.4) is 0 Å². The van der Waals surface area contributed by atoms with E-state index in [1.54, 1.807) is 17.0 Å². The molecule has 1 aliphatic heterocycles. The number of amides is 2. The van der Waals surface area contributed by atoms with Crippen molar-refractivity contribution in [2.45, 2.75) is 25.8 Å². The summed E-state index contributed by atoms with van der Waals surface area (Å²) in [6, 6.07) is 16.5. The SMILES string of the molecule is CC(C)c1ccc(C2C(=O)NCCN2C(=O)c2ccccc2)cc1. The van der Waals surface area contributed by atoms with Crippen LogP contribution >= 0.6 is 0 Å². The van der Waals surface area contributed by atoms with Gasteiger partial charge in [0.05, 0.1) is 0 Å². The van der Waals surface area contributed by atoms with Crippen molar-refractivity contribution < 1.29 is 9.59 Å². The average molecular weight is 322 g/mol. The molecule has 0 saturated carbocycles. The Balaban J connectivity index is 1.92. The van der Waals surface area contributed by atoms with Gasteiger partial charge in [0.1, 0.15) is 6.04 Å². The Morgan fingerprint density at radius 1 is 1.08 bits per heavy atom. The van der Waals surface area contributed by atoms with Crippen LogP contribution in [-0.2, 0) is 4.79 Å². The summed E-state index contributed by atoms with van der Waals surface area (Å²) in [5.41, 5.74) is 2.67. The highest BCUT2D eigenvalue weighted by Crippen LogP contribution is 2.26. The van der Waals surface area contributed by atoms with Crippen molar-refractivity contribution in [1.82, 2.24) is 10.2 Å². The Bertz CT molecular complexity index is 723. The molecular formula is C20H22N2O2. The Morgan fingerprint density at radius 3 is 2.38 bits per heavy atom. The zero-order valence-corrected chi connectivity index (χ0v) is 14.0. The van der Waals surface area contributed by atoms with Crippen LogP contribution in [0.1, 0.15) is 47.3 Å². The fourth-order valence-corrected chi connectivity index (χ4v) is 3.03. The third kappa shape index (κ3) is 3.18. The number of rotatable bonds is 3. The van der Waals surface area contributed by atoms with Gasteiger partial charge in [-0.05, 0) is 29.2 Å². The van der Waals surface area contributed by atoms with Crippen LogP contribution in [0.2, 0.25) is 0 Å². The molecule has 1 atom stereocenters. The molecule has 1 heterocycles. The van der Waals surface area contributed by atoms with Gasteiger partial charge in [-0.1, -0.05) is 56.3 Å². The van der Waals surface area contributed by atoms with Crippen molar-refractivity contribution in [3.05, 3.63) is 71.3 Å². The lowest BCUT2D eigenvalue weighted by Gasteiger charge is -2.35. The summed E-state index contributed by atoms with van der Waals surface area (Å²) in [6.45, 7) is 5.26. The van der Waals surface area contributed by atoms with Crippen LogP contribution in [0.25, 0.3) is 0 Å². The van der Waals surface area contributed by atoms with E-state index in [0.29, 0.717) is 24.6 Å². The number of hydrogen-bond donors (Lipinski definition) is 1. The maximum absolute atomic E-state index is 12.9. The van der Waals surface area contributed by atoms with Crippen molar-refractivity contribution in [3.63, 3.8) is 0 Å². The van der Waals surface area contributed by atoms with Crippen LogP contribution in [-0.4, -0.2) is 29.8 Å². The van der Waals surface area contributed by atoms with Gasteiger partial charge in [0.2, 0.25) is 5.91 Å². The highest BCUT2D eigenvalue weighted by Gasteiger charge is 2.34. The lowest BCUT2D eigenvalue weighted by atomic mass is 9.96. The lowest BCUT2D eigenvalue weighted by Crippen LogP contribution is -2.52. The van der Waals surface area contributed by atoms with Crippen molar-refractivity contribution in [2.24, 2.45) is 0 Å². The predicted molar refractivity (Wildman–Crippen MR) is 93.8 cm³/mol. The quantitative estimate of drug-likeness (QED) is 0.944. The van der Waals surface area contributed by atoms with E-state index in [4.69, 9.17) is 0 Å². The van der Waals surface area contributed by atoms with Crippen LogP contribution in [0, 0.1) is 0 Å². The highest BCUT2D eigenvalue weighted by atomic mass is 16.2. The molecule has 1 fully saturated rings. The number of nitrogens with one attached hydrogen (secondary N) is 1. The summed E-state index contributed by atoms with van der Waals surface area (Å²) < 4.78 is 0. The van der Waals surface area contributed by atoms with Gasteiger partial charge in [0.15, 0.2) is 0 Å². The summed E-state index contributed by atoms with van der Waals surface area (Å²) in [5, 5.41) is 2.87. The molecule has 2 aromatic rings. The first-order valence-corrected chi connectivity index (χ1v) is 8.31. The largest absolute Gasteiger partial charge is 0.352 e. The molecule has 0 aromatic heterocycles. The van der Waals surface area contributed by atoms with Crippen LogP contribution in [0.4, 0.5) is 0 Å². The number of nitrogens with zero attached hydrogens (tertiary/aromatic N) is 1. The van der Waals surface area contributed by atoms with E-state index in [1.807, 2.05) is 42.5 Å². The van der Waals surface area contributed by atoms with Crippen molar-refractivity contribution in [1.29, 1.82) is 0 Å². The van der Waals surface area contributed by atoms with Gasteiger partial charge >= 0.3 is 0 Å². The normalized spacial score (nSPS) is 17.7. The number of carbonyl (C=O) groups excluding carboxylic acids is 2. The van der Waals surface area contributed by atoms with Gasteiger partial charge in [-0.2, -0.15) is 0 Å². The summed E-state index contributed by atoms with van der Waals surface area (Å²) in [7, 11) is 0. The number of piperazine rings is 1. The fraction of sp³-hybridized carbons (Fsp3) is 0.300. The molecule has 0 bridgehead atoms. The van der Waals surface area contributed by atoms with Crippen molar-refractivity contribution in [3.8, 4) is 0 Å². The second-order valence-corrected chi connectivity index (χ2v) is 6.38. The molecule has 3 rings (SSSR count). The third-order valence-electron chi connectivity index (χ3n) is 4.41. The van der Waals surface area contributed by atoms with Gasteiger partial charge in [-0.25, -0.2) is 0 Å². The maximum Gasteiger partial charge on any atom is 0.254 e. The van der Waals surface area contributed by atoms with Gasteiger partial charge < -0.3 is 10.2 Å². The number of carbonyl (C=O) groups is 2. The molecule has 124 valence electrons. The molecule has 0 radical (unpaired) electrons. The molecule has 2 aromatic carbocycles. The first kappa shape index (κ1) is 16.2. The second kappa shape index (κ2) is 6.87. The molecule has 2 amide bonds. The van der Waals surface area contributed by atoms with Crippen molar-refractivity contribution in [2.75, 3.05) is 13.1 Å². The zero-order chi connectivity index (χ0) is 17.1. The molecular weight excluding hydrogens is 300 g/mol. The predicted octanol–water partition coefficient (Wildman–Crippen LogP) is 3.12. The average Bonchev–Trinajstić information content (AvgIpc) is 2.61. The highest BCUT2D eigenvalue weighted by molar-refractivity contribution is 5.98. The first-order valence-electron chi connectivity index (χ1n) is 8.31. The minimum atomic E-state index is -0.576. The van der Waals surface area contributed by atoms with E-state index in [1.165, 1.54) is 5.56 Å². The van der Waals surface area contributed by atoms with E-state index in [-0.39, 0.29) is 11.8 Å². The van der Waals surface area contributed by atoms with Gasteiger partial charge in [0, 0.05) is 18.7 Å². The van der Waals surface area contributed by atoms with Crippen LogP contribution in [0.15, 0.2) is 54.6 Å². The number of hydrogen-bond acceptors (Lipinski definition) is 2. The molecule has 1 aliphatic rings. The minimum absolute atomic E-state index is 0.108. The smallest absolute Gasteiger partial charge is 0.254 e. The van der Waals surface area contributed by atoms with E-state index in [2.05, 4.69) is 19.2 Å². The van der Waals surface area contributed by atoms with Crippen LogP contribution in [0.5, 0.6) is 0 Å². The van der Waals surface area contributed by atoms with Gasteiger partial charge in [0.25, 0.3) is 5.91 Å². The van der Waals surface area contributed by atoms with Crippen LogP contribution < -0.4 is 5.32 Å². The molecule has 24 heavy (non-hydrogen) atoms. The summed E-state index contributed by atoms with van der Waals surface area (Å²) in [5.74, 6) is 0.201. The van der Waals surface area contributed by atoms with E-state index >= 15 is 0 Å². The topological polar surface area (TPSA) is 49.4 Å². The monoisotopic (exact) mass is 322 g/mol. The zero-order valence-electron chi connectivity index (χ0n) is 14.0. The molecule has 0 spiro atoms.